The van der Waals surface area contributed by atoms with Crippen LogP contribution in [0.5, 0.6) is 0 Å². The summed E-state index contributed by atoms with van der Waals surface area (Å²) in [6, 6.07) is 8.98. The minimum Gasteiger partial charge on any atom is -0.395 e. The van der Waals surface area contributed by atoms with E-state index in [1.54, 1.807) is 0 Å². The molecule has 3 aromatic rings. The number of halogens is 5. The first-order valence-electron chi connectivity index (χ1n) is 11.2. The number of fused-ring (bicyclic) bond motifs is 1. The quantitative estimate of drug-likeness (QED) is 0.404. The number of nitrogens with one attached hydrogen (secondary N) is 1. The molecule has 1 aliphatic rings. The van der Waals surface area contributed by atoms with Crippen LogP contribution < -0.4 is 0 Å². The lowest BCUT2D eigenvalue weighted by atomic mass is 9.87. The number of aliphatic hydroxyl groups excluding tert-OH is 1. The van der Waals surface area contributed by atoms with Gasteiger partial charge in [0.05, 0.1) is 23.9 Å². The maximum absolute atomic E-state index is 13.5. The van der Waals surface area contributed by atoms with Crippen LogP contribution in [0.4, 0.5) is 13.2 Å². The van der Waals surface area contributed by atoms with E-state index in [1.165, 1.54) is 0 Å². The van der Waals surface area contributed by atoms with Gasteiger partial charge in [0.2, 0.25) is 0 Å². The van der Waals surface area contributed by atoms with Gasteiger partial charge in [0, 0.05) is 39.5 Å². The molecule has 2 aromatic carbocycles. The minimum atomic E-state index is -4.57. The molecule has 2 unspecified atom stereocenters. The molecule has 0 spiro atoms. The summed E-state index contributed by atoms with van der Waals surface area (Å²) < 4.78 is 40.4. The van der Waals surface area contributed by atoms with E-state index >= 15 is 0 Å². The van der Waals surface area contributed by atoms with Crippen molar-refractivity contribution in [2.24, 2.45) is 0 Å². The number of aliphatic hydroxyl groups is 1. The number of rotatable bonds is 6. The molecule has 0 aliphatic carbocycles. The fourth-order valence-electron chi connectivity index (χ4n) is 4.86. The Bertz CT molecular complexity index is 1130. The highest BCUT2D eigenvalue weighted by Gasteiger charge is 2.39. The number of aryl methyl sites for hydroxylation is 2. The number of nitrogens with zero attached hydrogens (tertiary/aromatic N) is 2. The SMILES string of the molecule is CCc1n[nH]c(CC)c1C(c1c(Cl)cc(C(F)(F)F)cc1Cl)N1Cc2ccccc2CC1CO. The lowest BCUT2D eigenvalue weighted by Crippen LogP contribution is -2.45. The second kappa shape index (κ2) is 9.90. The Labute approximate surface area is 206 Å². The predicted molar refractivity (Wildman–Crippen MR) is 127 cm³/mol. The largest absolute Gasteiger partial charge is 0.416 e. The van der Waals surface area contributed by atoms with E-state index in [-0.39, 0.29) is 22.7 Å². The van der Waals surface area contributed by atoms with Gasteiger partial charge in [-0.15, -0.1) is 0 Å². The first kappa shape index (κ1) is 25.0. The molecule has 0 amide bonds. The molecule has 4 rings (SSSR count). The van der Waals surface area contributed by atoms with Crippen LogP contribution >= 0.6 is 23.2 Å². The van der Waals surface area contributed by atoms with Crippen molar-refractivity contribution < 1.29 is 18.3 Å². The molecule has 34 heavy (non-hydrogen) atoms. The van der Waals surface area contributed by atoms with Gasteiger partial charge in [-0.3, -0.25) is 10.00 Å². The Hall–Kier alpha value is -2.06. The van der Waals surface area contributed by atoms with Crippen LogP contribution in [-0.4, -0.2) is 32.9 Å². The van der Waals surface area contributed by atoms with E-state index in [9.17, 15) is 18.3 Å². The van der Waals surface area contributed by atoms with Crippen molar-refractivity contribution in [1.29, 1.82) is 0 Å². The van der Waals surface area contributed by atoms with E-state index in [0.29, 0.717) is 31.4 Å². The number of hydrogen-bond acceptors (Lipinski definition) is 3. The minimum absolute atomic E-state index is 0.0642. The van der Waals surface area contributed by atoms with Gasteiger partial charge in [0.25, 0.3) is 0 Å². The summed E-state index contributed by atoms with van der Waals surface area (Å²) in [5.41, 5.74) is 4.24. The highest BCUT2D eigenvalue weighted by Crippen LogP contribution is 2.45. The average Bonchev–Trinajstić information content (AvgIpc) is 3.22. The van der Waals surface area contributed by atoms with Crippen molar-refractivity contribution in [3.8, 4) is 0 Å². The molecule has 0 fully saturated rings. The van der Waals surface area contributed by atoms with Gasteiger partial charge in [-0.2, -0.15) is 18.3 Å². The van der Waals surface area contributed by atoms with Crippen LogP contribution in [0.25, 0.3) is 0 Å². The third-order valence-electron chi connectivity index (χ3n) is 6.54. The number of aromatic nitrogens is 2. The van der Waals surface area contributed by atoms with E-state index in [2.05, 4.69) is 15.1 Å². The zero-order valence-electron chi connectivity index (χ0n) is 18.9. The first-order valence-corrected chi connectivity index (χ1v) is 12.0. The summed E-state index contributed by atoms with van der Waals surface area (Å²) in [5.74, 6) is 0. The molecule has 0 radical (unpaired) electrons. The molecule has 0 saturated heterocycles. The first-order chi connectivity index (χ1) is 16.2. The zero-order valence-corrected chi connectivity index (χ0v) is 20.4. The second-order valence-electron chi connectivity index (χ2n) is 8.51. The molecule has 2 atom stereocenters. The van der Waals surface area contributed by atoms with Gasteiger partial charge in [-0.1, -0.05) is 61.3 Å². The van der Waals surface area contributed by atoms with Gasteiger partial charge in [0.15, 0.2) is 0 Å². The monoisotopic (exact) mass is 511 g/mol. The maximum atomic E-state index is 13.5. The average molecular weight is 512 g/mol. The van der Waals surface area contributed by atoms with E-state index < -0.39 is 17.8 Å². The molecule has 1 aromatic heterocycles. The highest BCUT2D eigenvalue weighted by atomic mass is 35.5. The van der Waals surface area contributed by atoms with Crippen molar-refractivity contribution in [3.05, 3.63) is 85.6 Å². The number of hydrogen-bond donors (Lipinski definition) is 2. The summed E-state index contributed by atoms with van der Waals surface area (Å²) >= 11 is 13.1. The highest BCUT2D eigenvalue weighted by molar-refractivity contribution is 6.36. The van der Waals surface area contributed by atoms with Crippen LogP contribution in [0.15, 0.2) is 36.4 Å². The molecule has 9 heteroatoms. The van der Waals surface area contributed by atoms with Crippen molar-refractivity contribution in [3.63, 3.8) is 0 Å². The Morgan fingerprint density at radius 2 is 1.74 bits per heavy atom. The Balaban J connectivity index is 1.96. The summed E-state index contributed by atoms with van der Waals surface area (Å²) in [6.45, 7) is 4.32. The summed E-state index contributed by atoms with van der Waals surface area (Å²) in [5, 5.41) is 17.8. The lowest BCUT2D eigenvalue weighted by molar-refractivity contribution is -0.137. The molecular formula is C25H26Cl2F3N3O. The van der Waals surface area contributed by atoms with Crippen LogP contribution in [0.3, 0.4) is 0 Å². The fourth-order valence-corrected chi connectivity index (χ4v) is 5.55. The number of alkyl halides is 3. The number of H-pyrrole nitrogens is 1. The maximum Gasteiger partial charge on any atom is 0.416 e. The molecule has 1 aliphatic heterocycles. The third-order valence-corrected chi connectivity index (χ3v) is 7.17. The normalized spacial score (nSPS) is 17.6. The summed E-state index contributed by atoms with van der Waals surface area (Å²) in [6.07, 6.45) is -2.72. The summed E-state index contributed by atoms with van der Waals surface area (Å²) in [4.78, 5) is 2.09. The fraction of sp³-hybridized carbons (Fsp3) is 0.400. The second-order valence-corrected chi connectivity index (χ2v) is 9.32. The van der Waals surface area contributed by atoms with Crippen molar-refractivity contribution >= 4 is 23.2 Å². The molecule has 4 nitrogen and oxygen atoms in total. The Kier molecular flexibility index (Phi) is 7.29. The molecule has 0 saturated carbocycles. The van der Waals surface area contributed by atoms with Gasteiger partial charge in [-0.05, 0) is 42.5 Å². The van der Waals surface area contributed by atoms with Crippen molar-refractivity contribution in [2.75, 3.05) is 6.61 Å². The van der Waals surface area contributed by atoms with E-state index in [0.717, 1.165) is 40.2 Å². The lowest BCUT2D eigenvalue weighted by Gasteiger charge is -2.42. The Morgan fingerprint density at radius 3 is 2.29 bits per heavy atom. The molecule has 0 bridgehead atoms. The predicted octanol–water partition coefficient (Wildman–Crippen LogP) is 6.37. The molecule has 2 heterocycles. The van der Waals surface area contributed by atoms with E-state index in [4.69, 9.17) is 23.2 Å². The van der Waals surface area contributed by atoms with Crippen molar-refractivity contribution in [2.45, 2.75) is 57.9 Å². The molecule has 182 valence electrons. The number of aromatic amines is 1. The van der Waals surface area contributed by atoms with Crippen LogP contribution in [0.2, 0.25) is 10.0 Å². The summed E-state index contributed by atoms with van der Waals surface area (Å²) in [7, 11) is 0. The third kappa shape index (κ3) is 4.59. The molecule has 2 N–H and O–H groups in total. The van der Waals surface area contributed by atoms with Crippen LogP contribution in [-0.2, 0) is 32.0 Å². The zero-order chi connectivity index (χ0) is 24.6. The standard InChI is InChI=1S/C25H26Cl2F3N3O/c1-3-20-23(21(4-2)32-31-20)24(22-18(26)10-16(11-19(22)27)25(28,29)30)33-12-15-8-6-5-7-14(15)9-17(33)13-34/h5-8,10-11,17,24,34H,3-4,9,12-13H2,1-2H3,(H,31,32). The number of benzene rings is 2. The smallest absolute Gasteiger partial charge is 0.395 e. The van der Waals surface area contributed by atoms with Gasteiger partial charge >= 0.3 is 6.18 Å². The van der Waals surface area contributed by atoms with Gasteiger partial charge in [-0.25, -0.2) is 0 Å². The Morgan fingerprint density at radius 1 is 1.09 bits per heavy atom. The van der Waals surface area contributed by atoms with Crippen LogP contribution in [0, 0.1) is 0 Å². The van der Waals surface area contributed by atoms with Gasteiger partial charge in [0.1, 0.15) is 0 Å². The molecular weight excluding hydrogens is 486 g/mol. The van der Waals surface area contributed by atoms with Crippen molar-refractivity contribution in [1.82, 2.24) is 15.1 Å². The topological polar surface area (TPSA) is 52.2 Å². The van der Waals surface area contributed by atoms with E-state index in [1.807, 2.05) is 38.1 Å². The van der Waals surface area contributed by atoms with Gasteiger partial charge < -0.3 is 5.11 Å². The van der Waals surface area contributed by atoms with Crippen LogP contribution in [0.1, 0.15) is 59.1 Å².